The van der Waals surface area contributed by atoms with Crippen LogP contribution in [0.1, 0.15) is 10.4 Å². The van der Waals surface area contributed by atoms with Gasteiger partial charge in [-0.05, 0) is 18.2 Å². The first-order valence-corrected chi connectivity index (χ1v) is 9.93. The molecule has 1 heterocycles. The van der Waals surface area contributed by atoms with E-state index in [0.29, 0.717) is 22.9 Å². The van der Waals surface area contributed by atoms with E-state index < -0.39 is 12.1 Å². The van der Waals surface area contributed by atoms with Crippen molar-refractivity contribution in [3.63, 3.8) is 0 Å². The van der Waals surface area contributed by atoms with E-state index in [1.54, 1.807) is 32.3 Å². The smallest absolute Gasteiger partial charge is 0.483 e. The molecule has 1 fully saturated rings. The van der Waals surface area contributed by atoms with Crippen LogP contribution < -0.4 is 15.4 Å². The summed E-state index contributed by atoms with van der Waals surface area (Å²) in [7, 11) is 3.29. The summed E-state index contributed by atoms with van der Waals surface area (Å²) < 4.78 is 37.2. The van der Waals surface area contributed by atoms with Crippen molar-refractivity contribution in [3.05, 3.63) is 28.8 Å². The van der Waals surface area contributed by atoms with E-state index in [1.807, 2.05) is 0 Å². The first-order chi connectivity index (χ1) is 14.9. The molecule has 0 saturated carbocycles. The predicted molar refractivity (Wildman–Crippen MR) is 111 cm³/mol. The lowest BCUT2D eigenvalue weighted by atomic mass is 10.2. The van der Waals surface area contributed by atoms with E-state index in [4.69, 9.17) is 26.2 Å². The number of rotatable bonds is 7. The molecule has 0 radical (unpaired) electrons. The van der Waals surface area contributed by atoms with Gasteiger partial charge in [-0.3, -0.25) is 14.5 Å². The zero-order valence-electron chi connectivity index (χ0n) is 17.7. The van der Waals surface area contributed by atoms with Gasteiger partial charge < -0.3 is 25.4 Å². The number of nitrogens with zero attached hydrogens (tertiary/aromatic N) is 2. The number of carboxylic acids is 1. The second-order valence-electron chi connectivity index (χ2n) is 6.87. The van der Waals surface area contributed by atoms with Gasteiger partial charge in [-0.25, -0.2) is 4.79 Å². The van der Waals surface area contributed by atoms with Gasteiger partial charge in [-0.15, -0.1) is 0 Å². The molecule has 2 amide bonds. The minimum atomic E-state index is -5.08. The van der Waals surface area contributed by atoms with E-state index in [2.05, 4.69) is 15.5 Å². The molecular formula is C19H26ClF3N4O5. The first kappa shape index (κ1) is 27.5. The maximum absolute atomic E-state index is 12.4. The lowest BCUT2D eigenvalue weighted by Gasteiger charge is -2.27. The normalized spacial score (nSPS) is 14.1. The minimum Gasteiger partial charge on any atom is -0.483 e. The predicted octanol–water partition coefficient (Wildman–Crippen LogP) is 1.08. The highest BCUT2D eigenvalue weighted by Gasteiger charge is 2.38. The fourth-order valence-electron chi connectivity index (χ4n) is 2.43. The summed E-state index contributed by atoms with van der Waals surface area (Å²) in [5.41, 5.74) is 0.372. The van der Waals surface area contributed by atoms with Crippen molar-refractivity contribution in [1.82, 2.24) is 20.4 Å². The van der Waals surface area contributed by atoms with E-state index >= 15 is 0 Å². The molecule has 1 aliphatic heterocycles. The zero-order chi connectivity index (χ0) is 24.3. The molecule has 0 bridgehead atoms. The topological polar surface area (TPSA) is 111 Å². The maximum Gasteiger partial charge on any atom is 0.490 e. The van der Waals surface area contributed by atoms with Crippen LogP contribution in [0.15, 0.2) is 18.2 Å². The van der Waals surface area contributed by atoms with Gasteiger partial charge in [0.25, 0.3) is 11.8 Å². The lowest BCUT2D eigenvalue weighted by molar-refractivity contribution is -0.192. The number of alkyl halides is 3. The van der Waals surface area contributed by atoms with Gasteiger partial charge in [0.05, 0.1) is 5.56 Å². The molecule has 9 nitrogen and oxygen atoms in total. The highest BCUT2D eigenvalue weighted by atomic mass is 35.5. The van der Waals surface area contributed by atoms with Crippen LogP contribution in [-0.4, -0.2) is 98.8 Å². The Morgan fingerprint density at radius 2 is 1.84 bits per heavy atom. The van der Waals surface area contributed by atoms with Gasteiger partial charge in [0, 0.05) is 58.4 Å². The first-order valence-electron chi connectivity index (χ1n) is 9.55. The van der Waals surface area contributed by atoms with E-state index in [0.717, 1.165) is 32.7 Å². The molecule has 0 unspecified atom stereocenters. The molecular weight excluding hydrogens is 457 g/mol. The Bertz CT molecular complexity index is 787. The summed E-state index contributed by atoms with van der Waals surface area (Å²) in [6, 6.07) is 4.79. The number of hydrogen-bond acceptors (Lipinski definition) is 6. The number of hydrogen-bond donors (Lipinski definition) is 3. The largest absolute Gasteiger partial charge is 0.490 e. The summed E-state index contributed by atoms with van der Waals surface area (Å²) in [6.07, 6.45) is -5.08. The Balaban J connectivity index is 0.000000633. The summed E-state index contributed by atoms with van der Waals surface area (Å²) in [5, 5.41) is 13.8. The van der Waals surface area contributed by atoms with Gasteiger partial charge in [-0.2, -0.15) is 13.2 Å². The lowest BCUT2D eigenvalue weighted by Crippen LogP contribution is -2.46. The third-order valence-corrected chi connectivity index (χ3v) is 4.44. The van der Waals surface area contributed by atoms with Crippen LogP contribution in [0.4, 0.5) is 13.2 Å². The van der Waals surface area contributed by atoms with Crippen molar-refractivity contribution in [2.24, 2.45) is 0 Å². The van der Waals surface area contributed by atoms with Crippen LogP contribution in [-0.2, 0) is 9.59 Å². The number of amides is 2. The molecule has 0 aliphatic carbocycles. The van der Waals surface area contributed by atoms with Crippen molar-refractivity contribution < 1.29 is 37.4 Å². The summed E-state index contributed by atoms with van der Waals surface area (Å²) in [6.45, 7) is 5.13. The molecule has 1 aromatic rings. The second kappa shape index (κ2) is 13.1. The third kappa shape index (κ3) is 10.2. The minimum absolute atomic E-state index is 0.144. The van der Waals surface area contributed by atoms with Crippen LogP contribution in [0.2, 0.25) is 5.02 Å². The van der Waals surface area contributed by atoms with Crippen molar-refractivity contribution in [2.45, 2.75) is 6.18 Å². The van der Waals surface area contributed by atoms with Crippen molar-refractivity contribution >= 4 is 29.4 Å². The number of carbonyl (C=O) groups is 3. The van der Waals surface area contributed by atoms with Gasteiger partial charge in [0.2, 0.25) is 0 Å². The van der Waals surface area contributed by atoms with Gasteiger partial charge in [0.15, 0.2) is 6.61 Å². The SMILES string of the molecule is CN(C)C(=O)COc1cc(Cl)ccc1C(=O)NCCN1CCNCC1.O=C(O)C(F)(F)F. The Morgan fingerprint density at radius 1 is 1.25 bits per heavy atom. The van der Waals surface area contributed by atoms with E-state index in [1.165, 1.54) is 4.90 Å². The molecule has 0 aromatic heterocycles. The van der Waals surface area contributed by atoms with Crippen LogP contribution >= 0.6 is 11.6 Å². The molecule has 0 atom stereocenters. The highest BCUT2D eigenvalue weighted by molar-refractivity contribution is 6.30. The molecule has 2 rings (SSSR count). The average Bonchev–Trinajstić information content (AvgIpc) is 2.72. The molecule has 13 heteroatoms. The number of ether oxygens (including phenoxy) is 1. The van der Waals surface area contributed by atoms with Crippen LogP contribution in [0.5, 0.6) is 5.75 Å². The number of carboxylic acid groups (broad SMARTS) is 1. The number of nitrogens with one attached hydrogen (secondary N) is 2. The fraction of sp³-hybridized carbons (Fsp3) is 0.526. The molecule has 0 spiro atoms. The Morgan fingerprint density at radius 3 is 2.38 bits per heavy atom. The monoisotopic (exact) mass is 482 g/mol. The highest BCUT2D eigenvalue weighted by Crippen LogP contribution is 2.23. The van der Waals surface area contributed by atoms with E-state index in [9.17, 15) is 22.8 Å². The number of piperazine rings is 1. The fourth-order valence-corrected chi connectivity index (χ4v) is 2.59. The van der Waals surface area contributed by atoms with Gasteiger partial charge >= 0.3 is 12.1 Å². The summed E-state index contributed by atoms with van der Waals surface area (Å²) in [4.78, 5) is 36.7. The van der Waals surface area contributed by atoms with Gasteiger partial charge in [-0.1, -0.05) is 11.6 Å². The molecule has 1 saturated heterocycles. The van der Waals surface area contributed by atoms with Crippen LogP contribution in [0, 0.1) is 0 Å². The average molecular weight is 483 g/mol. The quantitative estimate of drug-likeness (QED) is 0.533. The standard InChI is InChI=1S/C17H25ClN4O3.C2HF3O2/c1-21(2)16(23)12-25-15-11-13(18)3-4-14(15)17(24)20-7-10-22-8-5-19-6-9-22;3-2(4,5)1(6)7/h3-4,11,19H,5-10,12H2,1-2H3,(H,20,24);(H,6,7). The number of benzene rings is 1. The van der Waals surface area contributed by atoms with Crippen molar-refractivity contribution in [1.29, 1.82) is 0 Å². The zero-order valence-corrected chi connectivity index (χ0v) is 18.4. The summed E-state index contributed by atoms with van der Waals surface area (Å²) >= 11 is 5.99. The Labute approximate surface area is 188 Å². The van der Waals surface area contributed by atoms with Crippen molar-refractivity contribution in [2.75, 3.05) is 60.0 Å². The number of likely N-dealkylation sites (N-methyl/N-ethyl adjacent to an activating group) is 1. The molecule has 3 N–H and O–H groups in total. The van der Waals surface area contributed by atoms with Crippen LogP contribution in [0.3, 0.4) is 0 Å². The number of aliphatic carboxylic acids is 1. The van der Waals surface area contributed by atoms with Crippen LogP contribution in [0.25, 0.3) is 0 Å². The molecule has 1 aromatic carbocycles. The van der Waals surface area contributed by atoms with E-state index in [-0.39, 0.29) is 18.4 Å². The number of halogens is 4. The third-order valence-electron chi connectivity index (χ3n) is 4.20. The molecule has 180 valence electrons. The Kier molecular flexibility index (Phi) is 11.2. The molecule has 32 heavy (non-hydrogen) atoms. The second-order valence-corrected chi connectivity index (χ2v) is 7.30. The summed E-state index contributed by atoms with van der Waals surface area (Å²) in [5.74, 6) is -2.88. The Hall–Kier alpha value is -2.57. The number of carbonyl (C=O) groups excluding carboxylic acids is 2. The molecule has 1 aliphatic rings. The van der Waals surface area contributed by atoms with Crippen molar-refractivity contribution in [3.8, 4) is 5.75 Å². The maximum atomic E-state index is 12.4. The van der Waals surface area contributed by atoms with Gasteiger partial charge in [0.1, 0.15) is 5.75 Å².